The summed E-state index contributed by atoms with van der Waals surface area (Å²) in [5.41, 5.74) is 2.40. The zero-order valence-corrected chi connectivity index (χ0v) is 19.8. The summed E-state index contributed by atoms with van der Waals surface area (Å²) in [5.74, 6) is 0.533. The van der Waals surface area contributed by atoms with E-state index in [-0.39, 0.29) is 24.8 Å². The van der Waals surface area contributed by atoms with Gasteiger partial charge in [-0.05, 0) is 37.0 Å². The lowest BCUT2D eigenvalue weighted by atomic mass is 10.0. The number of nitriles is 1. The fourth-order valence-corrected chi connectivity index (χ4v) is 4.89. The summed E-state index contributed by atoms with van der Waals surface area (Å²) in [5, 5.41) is 13.2. The molecule has 3 rings (SSSR count). The molecule has 33 heavy (non-hydrogen) atoms. The molecule has 0 radical (unpaired) electrons. The van der Waals surface area contributed by atoms with Gasteiger partial charge in [0, 0.05) is 25.0 Å². The van der Waals surface area contributed by atoms with E-state index in [1.54, 1.807) is 12.0 Å². The van der Waals surface area contributed by atoms with Crippen LogP contribution in [0.25, 0.3) is 0 Å². The first-order valence-electron chi connectivity index (χ1n) is 11.0. The highest BCUT2D eigenvalue weighted by atomic mass is 32.1. The number of hydrogen-bond donors (Lipinski definition) is 1. The number of anilines is 1. The van der Waals surface area contributed by atoms with Gasteiger partial charge in [-0.1, -0.05) is 18.2 Å². The van der Waals surface area contributed by atoms with E-state index in [0.717, 1.165) is 21.8 Å². The van der Waals surface area contributed by atoms with Crippen LogP contribution in [0.15, 0.2) is 24.3 Å². The number of methoxy groups -OCH3 is 1. The van der Waals surface area contributed by atoms with Crippen LogP contribution in [0.5, 0.6) is 5.75 Å². The Bertz CT molecular complexity index is 1010. The predicted molar refractivity (Wildman–Crippen MR) is 125 cm³/mol. The topological polar surface area (TPSA) is 101 Å². The van der Waals surface area contributed by atoms with Crippen LogP contribution in [0.1, 0.15) is 34.9 Å². The molecule has 176 valence electrons. The van der Waals surface area contributed by atoms with Crippen LogP contribution in [0.4, 0.5) is 5.00 Å². The van der Waals surface area contributed by atoms with E-state index >= 15 is 0 Å². The fraction of sp³-hybridized carbons (Fsp3) is 0.458. The molecule has 0 unspecified atom stereocenters. The SMILES string of the molecule is CCOc1ccccc1CCC(=O)Nc1sc2c(c1C#N)CCN(C(=O)COCCOC)C2. The van der Waals surface area contributed by atoms with Crippen LogP contribution in [-0.4, -0.2) is 56.8 Å². The van der Waals surface area contributed by atoms with Crippen molar-refractivity contribution in [2.75, 3.05) is 45.4 Å². The van der Waals surface area contributed by atoms with E-state index in [2.05, 4.69) is 11.4 Å². The first-order chi connectivity index (χ1) is 16.1. The second kappa shape index (κ2) is 12.3. The molecule has 9 heteroatoms. The largest absolute Gasteiger partial charge is 0.494 e. The van der Waals surface area contributed by atoms with Gasteiger partial charge in [-0.3, -0.25) is 9.59 Å². The smallest absolute Gasteiger partial charge is 0.248 e. The number of nitrogens with zero attached hydrogens (tertiary/aromatic N) is 2. The number of carbonyl (C=O) groups is 2. The van der Waals surface area contributed by atoms with Crippen molar-refractivity contribution in [3.8, 4) is 11.8 Å². The number of nitrogens with one attached hydrogen (secondary N) is 1. The average Bonchev–Trinajstić information content (AvgIpc) is 3.17. The third kappa shape index (κ3) is 6.54. The Balaban J connectivity index is 1.60. The highest BCUT2D eigenvalue weighted by molar-refractivity contribution is 7.16. The number of aryl methyl sites for hydroxylation is 1. The van der Waals surface area contributed by atoms with Gasteiger partial charge in [-0.2, -0.15) is 5.26 Å². The van der Waals surface area contributed by atoms with Crippen LogP contribution in [0, 0.1) is 11.3 Å². The minimum Gasteiger partial charge on any atom is -0.494 e. The normalized spacial score (nSPS) is 12.7. The number of amides is 2. The minimum atomic E-state index is -0.157. The van der Waals surface area contributed by atoms with E-state index in [1.165, 1.54) is 11.3 Å². The molecule has 1 aromatic carbocycles. The lowest BCUT2D eigenvalue weighted by Crippen LogP contribution is -2.38. The van der Waals surface area contributed by atoms with Gasteiger partial charge in [-0.25, -0.2) is 0 Å². The molecule has 0 fully saturated rings. The van der Waals surface area contributed by atoms with E-state index < -0.39 is 0 Å². The Morgan fingerprint density at radius 3 is 2.85 bits per heavy atom. The molecule has 1 aliphatic rings. The molecule has 8 nitrogen and oxygen atoms in total. The van der Waals surface area contributed by atoms with Crippen LogP contribution in [-0.2, 0) is 38.4 Å². The Kier molecular flexibility index (Phi) is 9.24. The van der Waals surface area contributed by atoms with Crippen LogP contribution in [0.3, 0.4) is 0 Å². The van der Waals surface area contributed by atoms with Gasteiger partial charge in [-0.15, -0.1) is 11.3 Å². The van der Waals surface area contributed by atoms with Crippen LogP contribution in [0.2, 0.25) is 0 Å². The van der Waals surface area contributed by atoms with Gasteiger partial charge in [0.2, 0.25) is 11.8 Å². The third-order valence-electron chi connectivity index (χ3n) is 5.33. The number of para-hydroxylation sites is 1. The maximum atomic E-state index is 12.6. The van der Waals surface area contributed by atoms with Gasteiger partial charge in [0.25, 0.3) is 0 Å². The maximum Gasteiger partial charge on any atom is 0.248 e. The number of hydrogen-bond acceptors (Lipinski definition) is 7. The zero-order chi connectivity index (χ0) is 23.6. The highest BCUT2D eigenvalue weighted by Gasteiger charge is 2.27. The molecule has 1 N–H and O–H groups in total. The van der Waals surface area contributed by atoms with Crippen molar-refractivity contribution in [2.24, 2.45) is 0 Å². The molecule has 0 atom stereocenters. The van der Waals surface area contributed by atoms with Gasteiger partial charge in [0.05, 0.1) is 31.9 Å². The Labute approximate surface area is 198 Å². The number of fused-ring (bicyclic) bond motifs is 1. The van der Waals surface area contributed by atoms with E-state index in [0.29, 0.717) is 56.3 Å². The predicted octanol–water partition coefficient (Wildman–Crippen LogP) is 3.14. The van der Waals surface area contributed by atoms with Crippen molar-refractivity contribution >= 4 is 28.2 Å². The first-order valence-corrected chi connectivity index (χ1v) is 11.8. The standard InChI is InChI=1S/C24H29N3O5S/c1-3-32-20-7-5-4-6-17(20)8-9-22(28)26-24-19(14-25)18-10-11-27(15-21(18)33-24)23(29)16-31-13-12-30-2/h4-7H,3,8-13,15-16H2,1-2H3,(H,26,28). The van der Waals surface area contributed by atoms with Crippen molar-refractivity contribution in [2.45, 2.75) is 32.7 Å². The summed E-state index contributed by atoms with van der Waals surface area (Å²) in [6, 6.07) is 9.91. The van der Waals surface area contributed by atoms with Crippen molar-refractivity contribution in [3.63, 3.8) is 0 Å². The summed E-state index contributed by atoms with van der Waals surface area (Å²) in [7, 11) is 1.58. The Hall–Kier alpha value is -2.93. The second-order valence-electron chi connectivity index (χ2n) is 7.52. The fourth-order valence-electron chi connectivity index (χ4n) is 3.66. The average molecular weight is 472 g/mol. The molecule has 2 heterocycles. The van der Waals surface area contributed by atoms with E-state index in [9.17, 15) is 14.9 Å². The van der Waals surface area contributed by atoms with Gasteiger partial charge in [0.15, 0.2) is 0 Å². The molecule has 0 bridgehead atoms. The molecule has 2 aromatic rings. The van der Waals surface area contributed by atoms with E-state index in [1.807, 2.05) is 31.2 Å². The van der Waals surface area contributed by atoms with Gasteiger partial charge in [0.1, 0.15) is 23.4 Å². The van der Waals surface area contributed by atoms with Crippen molar-refractivity contribution in [1.82, 2.24) is 4.90 Å². The van der Waals surface area contributed by atoms with Crippen LogP contribution >= 0.6 is 11.3 Å². The zero-order valence-electron chi connectivity index (χ0n) is 19.0. The number of carbonyl (C=O) groups excluding carboxylic acids is 2. The van der Waals surface area contributed by atoms with E-state index in [4.69, 9.17) is 14.2 Å². The third-order valence-corrected chi connectivity index (χ3v) is 6.46. The molecule has 0 spiro atoms. The highest BCUT2D eigenvalue weighted by Crippen LogP contribution is 2.36. The minimum absolute atomic E-state index is 0.00197. The van der Waals surface area contributed by atoms with Crippen molar-refractivity contribution < 1.29 is 23.8 Å². The number of benzene rings is 1. The molecular weight excluding hydrogens is 442 g/mol. The number of ether oxygens (including phenoxy) is 3. The molecule has 0 aliphatic carbocycles. The number of thiophene rings is 1. The van der Waals surface area contributed by atoms with Crippen LogP contribution < -0.4 is 10.1 Å². The molecular formula is C24H29N3O5S. The molecule has 1 aromatic heterocycles. The Morgan fingerprint density at radius 1 is 1.27 bits per heavy atom. The van der Waals surface area contributed by atoms with Crippen molar-refractivity contribution in [1.29, 1.82) is 5.26 Å². The lowest BCUT2D eigenvalue weighted by molar-refractivity contribution is -0.137. The number of rotatable bonds is 11. The lowest BCUT2D eigenvalue weighted by Gasteiger charge is -2.26. The summed E-state index contributed by atoms with van der Waals surface area (Å²) >= 11 is 1.37. The second-order valence-corrected chi connectivity index (χ2v) is 8.62. The summed E-state index contributed by atoms with van der Waals surface area (Å²) < 4.78 is 15.9. The summed E-state index contributed by atoms with van der Waals surface area (Å²) in [6.07, 6.45) is 1.40. The summed E-state index contributed by atoms with van der Waals surface area (Å²) in [6.45, 7) is 4.23. The van der Waals surface area contributed by atoms with Gasteiger partial charge >= 0.3 is 0 Å². The maximum absolute atomic E-state index is 12.6. The molecule has 0 saturated carbocycles. The monoisotopic (exact) mass is 471 g/mol. The molecule has 1 aliphatic heterocycles. The first kappa shape index (κ1) is 24.7. The summed E-state index contributed by atoms with van der Waals surface area (Å²) in [4.78, 5) is 27.7. The molecule has 2 amide bonds. The quantitative estimate of drug-likeness (QED) is 0.506. The molecule has 0 saturated heterocycles. The Morgan fingerprint density at radius 2 is 2.09 bits per heavy atom. The van der Waals surface area contributed by atoms with Gasteiger partial charge < -0.3 is 24.4 Å². The van der Waals surface area contributed by atoms with Crippen molar-refractivity contribution in [3.05, 3.63) is 45.8 Å².